The lowest BCUT2D eigenvalue weighted by molar-refractivity contribution is -0.130. The molecular weight excluding hydrogens is 516 g/mol. The zero-order chi connectivity index (χ0) is 29.2. The third-order valence-electron chi connectivity index (χ3n) is 8.20. The van der Waals surface area contributed by atoms with E-state index in [0.29, 0.717) is 37.4 Å². The summed E-state index contributed by atoms with van der Waals surface area (Å²) in [4.78, 5) is 40.8. The lowest BCUT2D eigenvalue weighted by Gasteiger charge is -2.28. The van der Waals surface area contributed by atoms with Crippen LogP contribution in [0.3, 0.4) is 0 Å². The van der Waals surface area contributed by atoms with Gasteiger partial charge in [0.1, 0.15) is 12.4 Å². The van der Waals surface area contributed by atoms with E-state index in [1.165, 1.54) is 0 Å². The molecule has 0 saturated carbocycles. The first-order chi connectivity index (χ1) is 19.9. The molecule has 4 rings (SSSR count). The van der Waals surface area contributed by atoms with E-state index in [4.69, 9.17) is 9.47 Å². The maximum absolute atomic E-state index is 14.0. The number of nitrogens with one attached hydrogen (secondary N) is 1. The van der Waals surface area contributed by atoms with Gasteiger partial charge in [-0.3, -0.25) is 14.4 Å². The number of Topliss-reactive ketones (excluding diaryl/α,β-unsaturated/α-hetero) is 2. The average molecular weight is 561 g/mol. The monoisotopic (exact) mass is 560 g/mol. The molecule has 1 amide bonds. The molecule has 0 radical (unpaired) electrons. The van der Waals surface area contributed by atoms with E-state index in [9.17, 15) is 14.4 Å². The molecule has 0 aliphatic carbocycles. The molecule has 7 heteroatoms. The number of fused-ring (bicyclic) bond motifs is 1. The summed E-state index contributed by atoms with van der Waals surface area (Å²) in [5.74, 6) is -0.0355. The lowest BCUT2D eigenvalue weighted by Crippen LogP contribution is -2.39. The maximum atomic E-state index is 14.0. The van der Waals surface area contributed by atoms with E-state index in [2.05, 4.69) is 12.2 Å². The van der Waals surface area contributed by atoms with Crippen molar-refractivity contribution in [1.29, 1.82) is 0 Å². The zero-order valence-electron chi connectivity index (χ0n) is 24.7. The molecule has 1 aliphatic rings. The Balaban J connectivity index is 1.70. The van der Waals surface area contributed by atoms with Gasteiger partial charge in [0.15, 0.2) is 11.6 Å². The van der Waals surface area contributed by atoms with Gasteiger partial charge in [0.05, 0.1) is 31.0 Å². The van der Waals surface area contributed by atoms with E-state index in [-0.39, 0.29) is 35.9 Å². The minimum absolute atomic E-state index is 0.0100. The third kappa shape index (κ3) is 7.64. The summed E-state index contributed by atoms with van der Waals surface area (Å²) in [6, 6.07) is 16.5. The average Bonchev–Trinajstić information content (AvgIpc) is 3.38. The Morgan fingerprint density at radius 3 is 2.61 bits per heavy atom. The van der Waals surface area contributed by atoms with Crippen LogP contribution >= 0.6 is 0 Å². The standard InChI is InChI=1S/C34H44N2O5/c1-4-5-6-8-13-24(2)33(38)30-21-27-28(17-11-18-32(27)40-3)36(30)29(20-26-16-12-19-35-34(26)39)31(37)23-41-22-25-14-9-7-10-15-25/h7,9-11,14-15,17-18,21,24,26,29H,4-6,8,12-13,16,19-20,22-23H2,1-3H3,(H,35,39)/t24?,26-,29-/m0/s1. The van der Waals surface area contributed by atoms with E-state index >= 15 is 0 Å². The second-order valence-electron chi connectivity index (χ2n) is 11.2. The molecule has 1 aromatic heterocycles. The number of hydrogen-bond acceptors (Lipinski definition) is 5. The molecule has 1 unspecified atom stereocenters. The van der Waals surface area contributed by atoms with Gasteiger partial charge < -0.3 is 19.4 Å². The van der Waals surface area contributed by atoms with Crippen molar-refractivity contribution in [3.05, 3.63) is 65.9 Å². The smallest absolute Gasteiger partial charge is 0.223 e. The number of rotatable bonds is 16. The summed E-state index contributed by atoms with van der Waals surface area (Å²) in [6.45, 7) is 4.99. The Morgan fingerprint density at radius 2 is 1.88 bits per heavy atom. The predicted molar refractivity (Wildman–Crippen MR) is 161 cm³/mol. The number of benzene rings is 2. The van der Waals surface area contributed by atoms with Crippen LogP contribution in [0.5, 0.6) is 5.75 Å². The van der Waals surface area contributed by atoms with Crippen molar-refractivity contribution in [2.75, 3.05) is 20.3 Å². The van der Waals surface area contributed by atoms with Crippen LogP contribution in [0.2, 0.25) is 0 Å². The fraction of sp³-hybridized carbons (Fsp3) is 0.500. The molecular formula is C34H44N2O5. The Morgan fingerprint density at radius 1 is 1.07 bits per heavy atom. The van der Waals surface area contributed by atoms with E-state index in [1.54, 1.807) is 7.11 Å². The molecule has 41 heavy (non-hydrogen) atoms. The summed E-state index contributed by atoms with van der Waals surface area (Å²) >= 11 is 0. The van der Waals surface area contributed by atoms with Crippen LogP contribution in [-0.2, 0) is 20.9 Å². The molecule has 3 atom stereocenters. The van der Waals surface area contributed by atoms with Crippen LogP contribution in [0.15, 0.2) is 54.6 Å². The van der Waals surface area contributed by atoms with Crippen LogP contribution < -0.4 is 10.1 Å². The minimum atomic E-state index is -0.726. The van der Waals surface area contributed by atoms with Gasteiger partial charge in [-0.1, -0.05) is 75.9 Å². The van der Waals surface area contributed by atoms with Gasteiger partial charge in [-0.2, -0.15) is 0 Å². The number of hydrogen-bond donors (Lipinski definition) is 1. The molecule has 1 fully saturated rings. The molecule has 1 saturated heterocycles. The van der Waals surface area contributed by atoms with Gasteiger partial charge in [0.2, 0.25) is 5.91 Å². The topological polar surface area (TPSA) is 86.6 Å². The fourth-order valence-electron chi connectivity index (χ4n) is 5.84. The molecule has 1 aliphatic heterocycles. The van der Waals surface area contributed by atoms with Crippen LogP contribution in [0.1, 0.15) is 87.3 Å². The highest BCUT2D eigenvalue weighted by atomic mass is 16.5. The first-order valence-electron chi connectivity index (χ1n) is 15.1. The van der Waals surface area contributed by atoms with E-state index < -0.39 is 6.04 Å². The number of nitrogens with zero attached hydrogens (tertiary/aromatic N) is 1. The van der Waals surface area contributed by atoms with Gasteiger partial charge in [-0.05, 0) is 49.4 Å². The number of ketones is 2. The molecule has 0 spiro atoms. The summed E-state index contributed by atoms with van der Waals surface area (Å²) in [7, 11) is 1.61. The van der Waals surface area contributed by atoms with Gasteiger partial charge in [-0.15, -0.1) is 0 Å². The maximum Gasteiger partial charge on any atom is 0.223 e. The number of methoxy groups -OCH3 is 1. The molecule has 7 nitrogen and oxygen atoms in total. The van der Waals surface area contributed by atoms with Crippen molar-refractivity contribution in [1.82, 2.24) is 9.88 Å². The SMILES string of the molecule is CCCCCCC(C)C(=O)c1cc2c(OC)cccc2n1[C@@H](C[C@@H]1CCCNC1=O)C(=O)COCc1ccccc1. The highest BCUT2D eigenvalue weighted by Gasteiger charge is 2.34. The van der Waals surface area contributed by atoms with Gasteiger partial charge in [0, 0.05) is 23.8 Å². The first kappa shape index (κ1) is 30.5. The van der Waals surface area contributed by atoms with Crippen molar-refractivity contribution in [2.45, 2.75) is 77.9 Å². The largest absolute Gasteiger partial charge is 0.496 e. The highest BCUT2D eigenvalue weighted by molar-refractivity contribution is 6.04. The van der Waals surface area contributed by atoms with Crippen molar-refractivity contribution < 1.29 is 23.9 Å². The third-order valence-corrected chi connectivity index (χ3v) is 8.20. The quantitative estimate of drug-likeness (QED) is 0.156. The number of aromatic nitrogens is 1. The Kier molecular flexibility index (Phi) is 11.1. The number of ether oxygens (including phenoxy) is 2. The zero-order valence-corrected chi connectivity index (χ0v) is 24.7. The molecule has 3 aromatic rings. The normalized spacial score (nSPS) is 16.8. The van der Waals surface area contributed by atoms with Gasteiger partial charge in [-0.25, -0.2) is 0 Å². The van der Waals surface area contributed by atoms with Crippen molar-refractivity contribution in [3.63, 3.8) is 0 Å². The number of carbonyl (C=O) groups is 3. The molecule has 0 bridgehead atoms. The van der Waals surface area contributed by atoms with Crippen molar-refractivity contribution in [3.8, 4) is 5.75 Å². The fourth-order valence-corrected chi connectivity index (χ4v) is 5.84. The van der Waals surface area contributed by atoms with Crippen LogP contribution in [0, 0.1) is 11.8 Å². The summed E-state index contributed by atoms with van der Waals surface area (Å²) in [5.41, 5.74) is 2.22. The van der Waals surface area contributed by atoms with E-state index in [0.717, 1.165) is 55.0 Å². The van der Waals surface area contributed by atoms with Gasteiger partial charge in [0.25, 0.3) is 0 Å². The predicted octanol–water partition coefficient (Wildman–Crippen LogP) is 6.68. The van der Waals surface area contributed by atoms with Crippen LogP contribution in [-0.4, -0.2) is 42.3 Å². The summed E-state index contributed by atoms with van der Waals surface area (Å²) in [6.07, 6.45) is 7.06. The second-order valence-corrected chi connectivity index (χ2v) is 11.2. The molecule has 1 N–H and O–H groups in total. The number of piperidine rings is 1. The second kappa shape index (κ2) is 15.0. The summed E-state index contributed by atoms with van der Waals surface area (Å²) in [5, 5.41) is 3.74. The van der Waals surface area contributed by atoms with Crippen LogP contribution in [0.4, 0.5) is 0 Å². The number of carbonyl (C=O) groups excluding carboxylic acids is 3. The molecule has 2 aromatic carbocycles. The van der Waals surface area contributed by atoms with Crippen LogP contribution in [0.25, 0.3) is 10.9 Å². The number of amides is 1. The Bertz CT molecular complexity index is 1320. The lowest BCUT2D eigenvalue weighted by atomic mass is 9.89. The first-order valence-corrected chi connectivity index (χ1v) is 15.1. The van der Waals surface area contributed by atoms with Crippen molar-refractivity contribution in [2.24, 2.45) is 11.8 Å². The molecule has 2 heterocycles. The minimum Gasteiger partial charge on any atom is -0.496 e. The number of unbranched alkanes of at least 4 members (excludes halogenated alkanes) is 3. The molecule has 220 valence electrons. The van der Waals surface area contributed by atoms with E-state index in [1.807, 2.05) is 66.1 Å². The Labute approximate surface area is 243 Å². The van der Waals surface area contributed by atoms with Gasteiger partial charge >= 0.3 is 0 Å². The van der Waals surface area contributed by atoms with Crippen molar-refractivity contribution >= 4 is 28.4 Å². The Hall–Kier alpha value is -3.45. The highest BCUT2D eigenvalue weighted by Crippen LogP contribution is 2.36. The summed E-state index contributed by atoms with van der Waals surface area (Å²) < 4.78 is 13.4.